The van der Waals surface area contributed by atoms with Crippen LogP contribution in [0.4, 0.5) is 0 Å². The second-order valence-corrected chi connectivity index (χ2v) is 3.46. The highest BCUT2D eigenvalue weighted by Gasteiger charge is 1.99. The van der Waals surface area contributed by atoms with E-state index in [0.29, 0.717) is 0 Å². The fourth-order valence-electron chi connectivity index (χ4n) is 1.35. The fourth-order valence-corrected chi connectivity index (χ4v) is 1.35. The molecule has 0 aliphatic heterocycles. The molecule has 14 heavy (non-hydrogen) atoms. The lowest BCUT2D eigenvalue weighted by atomic mass is 10.0. The number of pyridine rings is 1. The third kappa shape index (κ3) is 3.21. The summed E-state index contributed by atoms with van der Waals surface area (Å²) in [6.45, 7) is 3.88. The van der Waals surface area contributed by atoms with Crippen molar-refractivity contribution >= 4 is 5.57 Å². The van der Waals surface area contributed by atoms with E-state index in [9.17, 15) is 0 Å². The van der Waals surface area contributed by atoms with E-state index in [4.69, 9.17) is 0 Å². The van der Waals surface area contributed by atoms with Gasteiger partial charge in [0.1, 0.15) is 0 Å². The molecule has 2 nitrogen and oxygen atoms in total. The second kappa shape index (κ2) is 5.43. The van der Waals surface area contributed by atoms with Crippen molar-refractivity contribution < 1.29 is 0 Å². The Bertz CT molecular complexity index is 288. The van der Waals surface area contributed by atoms with Crippen LogP contribution in [0, 0.1) is 6.92 Å². The molecular formula is C12H17N2. The Morgan fingerprint density at radius 1 is 1.43 bits per heavy atom. The molecule has 1 aromatic heterocycles. The maximum absolute atomic E-state index is 4.01. The highest BCUT2D eigenvalue weighted by Crippen LogP contribution is 2.18. The lowest BCUT2D eigenvalue weighted by Gasteiger charge is -2.11. The second-order valence-electron chi connectivity index (χ2n) is 3.46. The Balaban J connectivity index is 2.89. The average Bonchev–Trinajstić information content (AvgIpc) is 2.18. The smallest absolute Gasteiger partial charge is 0.0273 e. The minimum atomic E-state index is 0.919. The number of rotatable bonds is 4. The van der Waals surface area contributed by atoms with Crippen molar-refractivity contribution in [2.75, 3.05) is 14.1 Å². The zero-order valence-electron chi connectivity index (χ0n) is 8.90. The van der Waals surface area contributed by atoms with Crippen LogP contribution in [0.25, 0.3) is 5.57 Å². The van der Waals surface area contributed by atoms with Crippen LogP contribution in [0.1, 0.15) is 18.4 Å². The van der Waals surface area contributed by atoms with E-state index in [1.807, 2.05) is 38.6 Å². The molecule has 0 saturated carbocycles. The summed E-state index contributed by atoms with van der Waals surface area (Å²) in [5.41, 5.74) is 2.55. The molecule has 1 aromatic rings. The predicted octanol–water partition coefficient (Wildman–Crippen LogP) is 2.60. The molecule has 1 radical (unpaired) electrons. The van der Waals surface area contributed by atoms with E-state index in [1.54, 1.807) is 0 Å². The van der Waals surface area contributed by atoms with Crippen molar-refractivity contribution in [2.45, 2.75) is 12.8 Å². The number of hydrogen-bond donors (Lipinski definition) is 0. The van der Waals surface area contributed by atoms with Crippen molar-refractivity contribution in [1.82, 2.24) is 9.88 Å². The summed E-state index contributed by atoms with van der Waals surface area (Å²) in [5.74, 6) is 0. The maximum Gasteiger partial charge on any atom is 0.0273 e. The fraction of sp³-hybridized carbons (Fsp3) is 0.333. The van der Waals surface area contributed by atoms with E-state index in [0.717, 1.165) is 12.8 Å². The van der Waals surface area contributed by atoms with Gasteiger partial charge in [-0.3, -0.25) is 4.98 Å². The average molecular weight is 189 g/mol. The lowest BCUT2D eigenvalue weighted by Crippen LogP contribution is -2.02. The molecule has 0 fully saturated rings. The van der Waals surface area contributed by atoms with Gasteiger partial charge in [0, 0.05) is 32.7 Å². The van der Waals surface area contributed by atoms with Gasteiger partial charge in [-0.25, -0.2) is 0 Å². The first-order valence-electron chi connectivity index (χ1n) is 4.81. The Morgan fingerprint density at radius 2 is 2.07 bits per heavy atom. The van der Waals surface area contributed by atoms with Crippen LogP contribution in [0.15, 0.2) is 30.7 Å². The molecule has 1 rings (SSSR count). The quantitative estimate of drug-likeness (QED) is 0.723. The van der Waals surface area contributed by atoms with Crippen molar-refractivity contribution in [2.24, 2.45) is 0 Å². The SMILES string of the molecule is [CH2]CCC(=CN(C)C)c1ccncc1. The van der Waals surface area contributed by atoms with E-state index in [2.05, 4.69) is 23.0 Å². The van der Waals surface area contributed by atoms with Crippen molar-refractivity contribution in [1.29, 1.82) is 0 Å². The molecular weight excluding hydrogens is 172 g/mol. The molecule has 0 unspecified atom stereocenters. The van der Waals surface area contributed by atoms with Crippen LogP contribution in [-0.2, 0) is 0 Å². The zero-order chi connectivity index (χ0) is 10.4. The summed E-state index contributed by atoms with van der Waals surface area (Å²) in [6.07, 6.45) is 7.70. The molecule has 0 aliphatic rings. The molecule has 0 aromatic carbocycles. The summed E-state index contributed by atoms with van der Waals surface area (Å²) >= 11 is 0. The summed E-state index contributed by atoms with van der Waals surface area (Å²) in [5, 5.41) is 0. The normalized spacial score (nSPS) is 11.5. The van der Waals surface area contributed by atoms with Crippen LogP contribution in [0.5, 0.6) is 0 Å². The lowest BCUT2D eigenvalue weighted by molar-refractivity contribution is 0.564. The van der Waals surface area contributed by atoms with E-state index < -0.39 is 0 Å². The summed E-state index contributed by atoms with van der Waals surface area (Å²) in [7, 11) is 4.06. The van der Waals surface area contributed by atoms with Crippen LogP contribution in [0.3, 0.4) is 0 Å². The molecule has 0 bridgehead atoms. The maximum atomic E-state index is 4.01. The highest BCUT2D eigenvalue weighted by molar-refractivity contribution is 5.64. The van der Waals surface area contributed by atoms with Gasteiger partial charge in [0.2, 0.25) is 0 Å². The number of hydrogen-bond acceptors (Lipinski definition) is 2. The zero-order valence-corrected chi connectivity index (χ0v) is 8.90. The molecule has 0 amide bonds. The first-order chi connectivity index (χ1) is 6.74. The van der Waals surface area contributed by atoms with Gasteiger partial charge in [0.15, 0.2) is 0 Å². The van der Waals surface area contributed by atoms with Gasteiger partial charge in [-0.05, 0) is 36.1 Å². The first-order valence-corrected chi connectivity index (χ1v) is 4.81. The minimum absolute atomic E-state index is 0.919. The Hall–Kier alpha value is -1.31. The van der Waals surface area contributed by atoms with E-state index >= 15 is 0 Å². The van der Waals surface area contributed by atoms with E-state index in [1.165, 1.54) is 11.1 Å². The van der Waals surface area contributed by atoms with Crippen LogP contribution in [-0.4, -0.2) is 24.0 Å². The van der Waals surface area contributed by atoms with Gasteiger partial charge in [-0.2, -0.15) is 0 Å². The van der Waals surface area contributed by atoms with Crippen molar-refractivity contribution in [3.05, 3.63) is 43.2 Å². The molecule has 0 N–H and O–H groups in total. The van der Waals surface area contributed by atoms with E-state index in [-0.39, 0.29) is 0 Å². The molecule has 1 heterocycles. The largest absolute Gasteiger partial charge is 0.383 e. The molecule has 0 aliphatic carbocycles. The number of allylic oxidation sites excluding steroid dienone is 1. The van der Waals surface area contributed by atoms with Gasteiger partial charge >= 0.3 is 0 Å². The monoisotopic (exact) mass is 189 g/mol. The van der Waals surface area contributed by atoms with Crippen LogP contribution in [0.2, 0.25) is 0 Å². The molecule has 2 heteroatoms. The highest BCUT2D eigenvalue weighted by atomic mass is 15.0. The first kappa shape index (κ1) is 10.8. The molecule has 75 valence electrons. The molecule has 0 spiro atoms. The Morgan fingerprint density at radius 3 is 2.57 bits per heavy atom. The van der Waals surface area contributed by atoms with Gasteiger partial charge in [0.25, 0.3) is 0 Å². The van der Waals surface area contributed by atoms with Crippen molar-refractivity contribution in [3.63, 3.8) is 0 Å². The van der Waals surface area contributed by atoms with Gasteiger partial charge < -0.3 is 4.90 Å². The van der Waals surface area contributed by atoms with Crippen LogP contribution < -0.4 is 0 Å². The molecule has 0 saturated heterocycles. The Kier molecular flexibility index (Phi) is 4.17. The summed E-state index contributed by atoms with van der Waals surface area (Å²) < 4.78 is 0. The number of nitrogens with zero attached hydrogens (tertiary/aromatic N) is 2. The summed E-state index contributed by atoms with van der Waals surface area (Å²) in [6, 6.07) is 4.07. The summed E-state index contributed by atoms with van der Waals surface area (Å²) in [4.78, 5) is 6.07. The van der Waals surface area contributed by atoms with Gasteiger partial charge in [-0.1, -0.05) is 6.92 Å². The number of aromatic nitrogens is 1. The van der Waals surface area contributed by atoms with Gasteiger partial charge in [-0.15, -0.1) is 0 Å². The van der Waals surface area contributed by atoms with Crippen LogP contribution >= 0.6 is 0 Å². The topological polar surface area (TPSA) is 16.1 Å². The Labute approximate surface area is 86.3 Å². The predicted molar refractivity (Wildman–Crippen MR) is 60.5 cm³/mol. The standard InChI is InChI=1S/C12H17N2/c1-4-5-12(10-14(2)3)11-6-8-13-9-7-11/h6-10H,1,4-5H2,2-3H3. The third-order valence-electron chi connectivity index (χ3n) is 1.91. The van der Waals surface area contributed by atoms with Crippen molar-refractivity contribution in [3.8, 4) is 0 Å². The minimum Gasteiger partial charge on any atom is -0.383 e. The molecule has 0 atom stereocenters. The third-order valence-corrected chi connectivity index (χ3v) is 1.91. The van der Waals surface area contributed by atoms with Gasteiger partial charge in [0.05, 0.1) is 0 Å².